The molecule has 102 valence electrons. The molecule has 0 radical (unpaired) electrons. The molecule has 0 saturated heterocycles. The third kappa shape index (κ3) is 2.58. The predicted molar refractivity (Wildman–Crippen MR) is 81.8 cm³/mol. The molecule has 0 fully saturated rings. The van der Waals surface area contributed by atoms with E-state index in [2.05, 4.69) is 20.9 Å². The zero-order valence-electron chi connectivity index (χ0n) is 10.6. The second kappa shape index (κ2) is 5.54. The Labute approximate surface area is 130 Å². The van der Waals surface area contributed by atoms with Crippen molar-refractivity contribution in [1.29, 1.82) is 0 Å². The molecule has 1 aromatic carbocycles. The van der Waals surface area contributed by atoms with Crippen LogP contribution < -0.4 is 0 Å². The molecular formula is C15H12BrClN2O. The topological polar surface area (TPSA) is 33.2 Å². The molecule has 2 aromatic rings. The molecule has 0 N–H and O–H groups in total. The van der Waals surface area contributed by atoms with Gasteiger partial charge >= 0.3 is 0 Å². The van der Waals surface area contributed by atoms with Crippen molar-refractivity contribution in [2.45, 2.75) is 13.0 Å². The fourth-order valence-corrected chi connectivity index (χ4v) is 2.78. The van der Waals surface area contributed by atoms with Crippen LogP contribution in [0.5, 0.6) is 0 Å². The van der Waals surface area contributed by atoms with Crippen LogP contribution in [0.25, 0.3) is 0 Å². The van der Waals surface area contributed by atoms with E-state index in [0.717, 1.165) is 22.2 Å². The number of pyridine rings is 1. The Morgan fingerprint density at radius 3 is 3.00 bits per heavy atom. The minimum atomic E-state index is 0.00824. The highest BCUT2D eigenvalue weighted by molar-refractivity contribution is 9.10. The zero-order chi connectivity index (χ0) is 14.1. The lowest BCUT2D eigenvalue weighted by Crippen LogP contribution is -2.36. The van der Waals surface area contributed by atoms with E-state index in [4.69, 9.17) is 11.6 Å². The molecule has 3 rings (SSSR count). The van der Waals surface area contributed by atoms with E-state index in [1.54, 1.807) is 24.4 Å². The maximum absolute atomic E-state index is 12.5. The highest BCUT2D eigenvalue weighted by atomic mass is 79.9. The molecule has 0 aliphatic carbocycles. The summed E-state index contributed by atoms with van der Waals surface area (Å²) in [5.41, 5.74) is 2.83. The molecule has 0 bridgehead atoms. The highest BCUT2D eigenvalue weighted by Crippen LogP contribution is 2.25. The fraction of sp³-hybridized carbons (Fsp3) is 0.200. The standard InChI is InChI=1S/C15H12BrClN2O/c16-12-4-3-10(8-13(12)17)15(20)19-7-5-14-11(9-19)2-1-6-18-14/h1-4,6,8H,5,7,9H2. The Kier molecular flexibility index (Phi) is 3.76. The molecule has 5 heteroatoms. The molecule has 0 spiro atoms. The first-order chi connectivity index (χ1) is 9.65. The Morgan fingerprint density at radius 1 is 1.35 bits per heavy atom. The number of benzene rings is 1. The summed E-state index contributed by atoms with van der Waals surface area (Å²) in [5, 5.41) is 0.551. The number of hydrogen-bond donors (Lipinski definition) is 0. The maximum atomic E-state index is 12.5. The summed E-state index contributed by atoms with van der Waals surface area (Å²) < 4.78 is 0.795. The summed E-state index contributed by atoms with van der Waals surface area (Å²) in [4.78, 5) is 18.7. The molecule has 0 saturated carbocycles. The second-order valence-electron chi connectivity index (χ2n) is 4.71. The van der Waals surface area contributed by atoms with Gasteiger partial charge in [0.05, 0.1) is 5.02 Å². The van der Waals surface area contributed by atoms with Crippen molar-refractivity contribution >= 4 is 33.4 Å². The van der Waals surface area contributed by atoms with Gasteiger partial charge in [-0.2, -0.15) is 0 Å². The van der Waals surface area contributed by atoms with E-state index in [1.807, 2.05) is 17.0 Å². The van der Waals surface area contributed by atoms with Crippen LogP contribution in [0.3, 0.4) is 0 Å². The van der Waals surface area contributed by atoms with Crippen LogP contribution in [-0.4, -0.2) is 22.3 Å². The lowest BCUT2D eigenvalue weighted by molar-refractivity contribution is 0.0733. The van der Waals surface area contributed by atoms with Crippen LogP contribution >= 0.6 is 27.5 Å². The van der Waals surface area contributed by atoms with E-state index >= 15 is 0 Å². The second-order valence-corrected chi connectivity index (χ2v) is 5.98. The summed E-state index contributed by atoms with van der Waals surface area (Å²) in [6.45, 7) is 1.30. The van der Waals surface area contributed by atoms with Crippen LogP contribution in [0.4, 0.5) is 0 Å². The highest BCUT2D eigenvalue weighted by Gasteiger charge is 2.22. The molecule has 1 aliphatic rings. The lowest BCUT2D eigenvalue weighted by atomic mass is 10.0. The molecule has 0 atom stereocenters. The quantitative estimate of drug-likeness (QED) is 0.785. The number of rotatable bonds is 1. The van der Waals surface area contributed by atoms with Gasteiger partial charge in [0.25, 0.3) is 5.91 Å². The van der Waals surface area contributed by atoms with Gasteiger partial charge in [0, 0.05) is 41.4 Å². The van der Waals surface area contributed by atoms with Crippen LogP contribution in [0.1, 0.15) is 21.6 Å². The van der Waals surface area contributed by atoms with Crippen LogP contribution in [0.15, 0.2) is 41.0 Å². The zero-order valence-corrected chi connectivity index (χ0v) is 13.0. The van der Waals surface area contributed by atoms with Crippen molar-refractivity contribution < 1.29 is 4.79 Å². The first kappa shape index (κ1) is 13.6. The van der Waals surface area contributed by atoms with Crippen LogP contribution in [0.2, 0.25) is 5.02 Å². The van der Waals surface area contributed by atoms with Crippen molar-refractivity contribution in [1.82, 2.24) is 9.88 Å². The number of aromatic nitrogens is 1. The SMILES string of the molecule is O=C(c1ccc(Br)c(Cl)c1)N1CCc2ncccc2C1. The van der Waals surface area contributed by atoms with Gasteiger partial charge in [-0.3, -0.25) is 9.78 Å². The Morgan fingerprint density at radius 2 is 2.20 bits per heavy atom. The van der Waals surface area contributed by atoms with E-state index in [1.165, 1.54) is 0 Å². The lowest BCUT2D eigenvalue weighted by Gasteiger charge is -2.28. The van der Waals surface area contributed by atoms with Gasteiger partial charge in [0.15, 0.2) is 0 Å². The minimum Gasteiger partial charge on any atom is -0.334 e. The van der Waals surface area contributed by atoms with E-state index in [-0.39, 0.29) is 5.91 Å². The number of carbonyl (C=O) groups excluding carboxylic acids is 1. The number of halogens is 2. The average Bonchev–Trinajstić information content (AvgIpc) is 2.49. The smallest absolute Gasteiger partial charge is 0.254 e. The Bertz CT molecular complexity index is 675. The summed E-state index contributed by atoms with van der Waals surface area (Å²) in [6.07, 6.45) is 2.59. The fourth-order valence-electron chi connectivity index (χ4n) is 2.35. The number of nitrogens with zero attached hydrogens (tertiary/aromatic N) is 2. The molecule has 3 nitrogen and oxygen atoms in total. The van der Waals surface area contributed by atoms with Crippen molar-refractivity contribution in [2.24, 2.45) is 0 Å². The molecule has 2 heterocycles. The number of carbonyl (C=O) groups is 1. The van der Waals surface area contributed by atoms with Crippen molar-refractivity contribution in [3.05, 3.63) is 62.8 Å². The number of hydrogen-bond acceptors (Lipinski definition) is 2. The van der Waals surface area contributed by atoms with E-state index in [0.29, 0.717) is 23.7 Å². The number of amides is 1. The van der Waals surface area contributed by atoms with Crippen molar-refractivity contribution in [3.63, 3.8) is 0 Å². The third-order valence-electron chi connectivity index (χ3n) is 3.42. The van der Waals surface area contributed by atoms with Gasteiger partial charge in [0.1, 0.15) is 0 Å². The molecular weight excluding hydrogens is 340 g/mol. The van der Waals surface area contributed by atoms with Gasteiger partial charge in [-0.15, -0.1) is 0 Å². The van der Waals surface area contributed by atoms with Gasteiger partial charge in [-0.05, 0) is 45.8 Å². The normalized spacial score (nSPS) is 14.0. The summed E-state index contributed by atoms with van der Waals surface area (Å²) in [7, 11) is 0. The Balaban J connectivity index is 1.84. The first-order valence-electron chi connectivity index (χ1n) is 6.32. The van der Waals surface area contributed by atoms with Gasteiger partial charge in [-0.25, -0.2) is 0 Å². The maximum Gasteiger partial charge on any atom is 0.254 e. The largest absolute Gasteiger partial charge is 0.334 e. The summed E-state index contributed by atoms with van der Waals surface area (Å²) in [5.74, 6) is 0.00824. The van der Waals surface area contributed by atoms with Gasteiger partial charge in [-0.1, -0.05) is 17.7 Å². The Hall–Kier alpha value is -1.39. The van der Waals surface area contributed by atoms with Crippen LogP contribution in [0, 0.1) is 0 Å². The first-order valence-corrected chi connectivity index (χ1v) is 7.49. The molecule has 1 amide bonds. The molecule has 1 aromatic heterocycles. The van der Waals surface area contributed by atoms with Gasteiger partial charge in [0.2, 0.25) is 0 Å². The van der Waals surface area contributed by atoms with Crippen molar-refractivity contribution in [2.75, 3.05) is 6.54 Å². The van der Waals surface area contributed by atoms with Crippen LogP contribution in [-0.2, 0) is 13.0 Å². The number of fused-ring (bicyclic) bond motifs is 1. The third-order valence-corrected chi connectivity index (χ3v) is 4.65. The molecule has 0 unspecified atom stereocenters. The molecule has 1 aliphatic heterocycles. The predicted octanol–water partition coefficient (Wildman–Crippen LogP) is 3.70. The monoisotopic (exact) mass is 350 g/mol. The summed E-state index contributed by atoms with van der Waals surface area (Å²) >= 11 is 9.38. The summed E-state index contributed by atoms with van der Waals surface area (Å²) in [6, 6.07) is 9.22. The van der Waals surface area contributed by atoms with Crippen molar-refractivity contribution in [3.8, 4) is 0 Å². The minimum absolute atomic E-state index is 0.00824. The average molecular weight is 352 g/mol. The van der Waals surface area contributed by atoms with E-state index in [9.17, 15) is 4.79 Å². The van der Waals surface area contributed by atoms with E-state index < -0.39 is 0 Å². The molecule has 20 heavy (non-hydrogen) atoms. The van der Waals surface area contributed by atoms with Gasteiger partial charge < -0.3 is 4.90 Å².